The van der Waals surface area contributed by atoms with Crippen molar-refractivity contribution in [2.75, 3.05) is 36.1 Å². The second-order valence-electron chi connectivity index (χ2n) is 7.94. The van der Waals surface area contributed by atoms with Gasteiger partial charge in [-0.2, -0.15) is 0 Å². The summed E-state index contributed by atoms with van der Waals surface area (Å²) in [6.45, 7) is 0.610. The Morgan fingerprint density at radius 3 is 2.27 bits per heavy atom. The predicted octanol–water partition coefficient (Wildman–Crippen LogP) is 3.22. The van der Waals surface area contributed by atoms with Crippen LogP contribution in [-0.2, 0) is 0 Å². The number of anilines is 4. The quantitative estimate of drug-likeness (QED) is 0.189. The number of guanidine groups is 1. The molecule has 0 saturated carbocycles. The van der Waals surface area contributed by atoms with Crippen molar-refractivity contribution in [3.05, 3.63) is 70.5 Å². The lowest BCUT2D eigenvalue weighted by molar-refractivity contribution is 0.0972. The third kappa shape index (κ3) is 5.78. The van der Waals surface area contributed by atoms with Gasteiger partial charge in [-0.25, -0.2) is 14.8 Å². The molecule has 2 heterocycles. The van der Waals surface area contributed by atoms with Crippen molar-refractivity contribution >= 4 is 64.7 Å². The number of rotatable bonds is 6. The number of amides is 3. The van der Waals surface area contributed by atoms with E-state index in [2.05, 4.69) is 30.9 Å². The molecule has 0 radical (unpaired) electrons. The fourth-order valence-corrected chi connectivity index (χ4v) is 3.94. The molecule has 2 aromatic carbocycles. The standard InChI is InChI=1S/C25H26ClN9O2/c1-29-22-20(26)32-19(21(27)33-22)23(36)34-24(28)30-13-6-14-31-25(37)35-17-9-4-2-7-15(17)11-12-16-8-3-5-10-18(16)35/h2-5,7-12H,6,13-14H2,1H3,(H,31,37)(H3,27,29,33)(H3,28,30,34,36). The van der Waals surface area contributed by atoms with Crippen LogP contribution in [0.5, 0.6) is 0 Å². The van der Waals surface area contributed by atoms with Crippen molar-refractivity contribution in [1.29, 1.82) is 0 Å². The van der Waals surface area contributed by atoms with E-state index in [4.69, 9.17) is 23.1 Å². The number of nitrogen functional groups attached to an aromatic ring is 1. The van der Waals surface area contributed by atoms with E-state index in [1.54, 1.807) is 11.9 Å². The highest BCUT2D eigenvalue weighted by atomic mass is 35.5. The number of para-hydroxylation sites is 2. The first-order valence-electron chi connectivity index (χ1n) is 11.4. The second-order valence-corrected chi connectivity index (χ2v) is 8.30. The smallest absolute Gasteiger partial charge is 0.326 e. The van der Waals surface area contributed by atoms with Gasteiger partial charge in [0.15, 0.2) is 28.4 Å². The summed E-state index contributed by atoms with van der Waals surface area (Å²) in [7, 11) is 1.60. The normalized spacial score (nSPS) is 12.3. The first-order chi connectivity index (χ1) is 17.9. The van der Waals surface area contributed by atoms with Crippen LogP contribution >= 0.6 is 11.6 Å². The molecule has 0 fully saturated rings. The summed E-state index contributed by atoms with van der Waals surface area (Å²) >= 11 is 5.97. The average Bonchev–Trinajstić information content (AvgIpc) is 3.06. The molecular formula is C25H26ClN9O2. The zero-order valence-electron chi connectivity index (χ0n) is 20.0. The summed E-state index contributed by atoms with van der Waals surface area (Å²) in [5.41, 5.74) is 14.9. The summed E-state index contributed by atoms with van der Waals surface area (Å²) in [4.78, 5) is 39.3. The Bertz CT molecular complexity index is 1340. The van der Waals surface area contributed by atoms with Crippen molar-refractivity contribution < 1.29 is 9.59 Å². The van der Waals surface area contributed by atoms with Crippen LogP contribution in [0.2, 0.25) is 5.15 Å². The van der Waals surface area contributed by atoms with Gasteiger partial charge in [0.25, 0.3) is 5.91 Å². The fourth-order valence-electron chi connectivity index (χ4n) is 3.71. The van der Waals surface area contributed by atoms with E-state index in [9.17, 15) is 9.59 Å². The van der Waals surface area contributed by atoms with Crippen molar-refractivity contribution in [2.24, 2.45) is 10.7 Å². The lowest BCUT2D eigenvalue weighted by Crippen LogP contribution is -2.39. The van der Waals surface area contributed by atoms with E-state index < -0.39 is 5.91 Å². The number of urea groups is 1. The van der Waals surface area contributed by atoms with Gasteiger partial charge in [-0.1, -0.05) is 60.2 Å². The zero-order chi connectivity index (χ0) is 26.4. The maximum absolute atomic E-state index is 13.2. The van der Waals surface area contributed by atoms with Gasteiger partial charge in [0.05, 0.1) is 11.4 Å². The highest BCUT2D eigenvalue weighted by Crippen LogP contribution is 2.36. The van der Waals surface area contributed by atoms with Gasteiger partial charge >= 0.3 is 6.03 Å². The minimum absolute atomic E-state index is 0.00135. The minimum Gasteiger partial charge on any atom is -0.382 e. The van der Waals surface area contributed by atoms with Gasteiger partial charge in [-0.3, -0.25) is 20.0 Å². The van der Waals surface area contributed by atoms with Gasteiger partial charge in [-0.15, -0.1) is 0 Å². The van der Waals surface area contributed by atoms with E-state index in [1.807, 2.05) is 60.7 Å². The van der Waals surface area contributed by atoms with E-state index in [0.717, 1.165) is 22.5 Å². The fraction of sp³-hybridized carbons (Fsp3) is 0.160. The van der Waals surface area contributed by atoms with Gasteiger partial charge in [0.2, 0.25) is 0 Å². The number of halogens is 1. The lowest BCUT2D eigenvalue weighted by Gasteiger charge is -2.25. The Morgan fingerprint density at radius 2 is 1.65 bits per heavy atom. The number of aromatic nitrogens is 2. The van der Waals surface area contributed by atoms with E-state index in [0.29, 0.717) is 13.0 Å². The number of hydrogen-bond acceptors (Lipinski definition) is 7. The molecule has 0 aliphatic carbocycles. The van der Waals surface area contributed by atoms with Crippen molar-refractivity contribution in [2.45, 2.75) is 6.42 Å². The third-order valence-corrected chi connectivity index (χ3v) is 5.73. The van der Waals surface area contributed by atoms with Gasteiger partial charge in [-0.05, 0) is 29.7 Å². The molecule has 0 atom stereocenters. The van der Waals surface area contributed by atoms with Crippen LogP contribution in [0.3, 0.4) is 0 Å². The Balaban J connectivity index is 1.34. The average molecular weight is 520 g/mol. The monoisotopic (exact) mass is 519 g/mol. The van der Waals surface area contributed by atoms with Crippen LogP contribution in [0.4, 0.5) is 27.8 Å². The lowest BCUT2D eigenvalue weighted by atomic mass is 10.1. The van der Waals surface area contributed by atoms with Gasteiger partial charge in [0.1, 0.15) is 0 Å². The molecule has 0 spiro atoms. The molecule has 4 rings (SSSR count). The van der Waals surface area contributed by atoms with Gasteiger partial charge in [0, 0.05) is 20.1 Å². The van der Waals surface area contributed by atoms with Gasteiger partial charge < -0.3 is 22.1 Å². The first kappa shape index (κ1) is 25.5. The van der Waals surface area contributed by atoms with Crippen LogP contribution in [0.1, 0.15) is 28.0 Å². The molecule has 3 aromatic rings. The van der Waals surface area contributed by atoms with Crippen LogP contribution in [0, 0.1) is 0 Å². The molecular weight excluding hydrogens is 494 g/mol. The molecule has 1 aromatic heterocycles. The maximum atomic E-state index is 13.2. The predicted molar refractivity (Wildman–Crippen MR) is 147 cm³/mol. The number of benzene rings is 2. The minimum atomic E-state index is -0.684. The van der Waals surface area contributed by atoms with Crippen molar-refractivity contribution in [3.63, 3.8) is 0 Å². The van der Waals surface area contributed by atoms with Crippen molar-refractivity contribution in [1.82, 2.24) is 20.6 Å². The van der Waals surface area contributed by atoms with Crippen LogP contribution in [0.15, 0.2) is 53.5 Å². The number of nitrogens with zero attached hydrogens (tertiary/aromatic N) is 4. The molecule has 11 nitrogen and oxygen atoms in total. The highest BCUT2D eigenvalue weighted by molar-refractivity contribution is 6.32. The molecule has 12 heteroatoms. The number of nitrogens with one attached hydrogen (secondary N) is 3. The van der Waals surface area contributed by atoms with E-state index in [1.165, 1.54) is 0 Å². The largest absolute Gasteiger partial charge is 0.382 e. The summed E-state index contributed by atoms with van der Waals surface area (Å²) in [6.07, 6.45) is 4.48. The number of carbonyl (C=O) groups is 2. The third-order valence-electron chi connectivity index (χ3n) is 5.47. The molecule has 0 unspecified atom stereocenters. The van der Waals surface area contributed by atoms with Crippen molar-refractivity contribution in [3.8, 4) is 0 Å². The Kier molecular flexibility index (Phi) is 7.84. The SMILES string of the molecule is CNc1nc(N)c(C(=O)NC(N)=NCCCNC(=O)N2c3ccccc3C=Cc3ccccc32)nc1Cl. The van der Waals surface area contributed by atoms with E-state index >= 15 is 0 Å². The number of carbonyl (C=O) groups excluding carboxylic acids is 2. The second kappa shape index (κ2) is 11.4. The topological polar surface area (TPSA) is 164 Å². The summed E-state index contributed by atoms with van der Waals surface area (Å²) in [5.74, 6) is -0.652. The van der Waals surface area contributed by atoms with Crippen LogP contribution < -0.4 is 32.3 Å². The zero-order valence-corrected chi connectivity index (χ0v) is 20.8. The molecule has 190 valence electrons. The molecule has 37 heavy (non-hydrogen) atoms. The maximum Gasteiger partial charge on any atom is 0.326 e. The number of aliphatic imine (C=N–C) groups is 1. The summed E-state index contributed by atoms with van der Waals surface area (Å²) in [5, 5.41) is 8.06. The molecule has 0 saturated heterocycles. The number of hydrogen-bond donors (Lipinski definition) is 5. The first-order valence-corrected chi connectivity index (χ1v) is 11.8. The molecule has 1 aliphatic heterocycles. The molecule has 3 amide bonds. The Hall–Kier alpha value is -4.64. The van der Waals surface area contributed by atoms with E-state index in [-0.39, 0.29) is 41.0 Å². The summed E-state index contributed by atoms with van der Waals surface area (Å²) in [6, 6.07) is 15.1. The van der Waals surface area contributed by atoms with Crippen LogP contribution in [0.25, 0.3) is 12.2 Å². The number of nitrogens with two attached hydrogens (primary N) is 2. The molecule has 7 N–H and O–H groups in total. The molecule has 0 bridgehead atoms. The number of fused-ring (bicyclic) bond motifs is 2. The van der Waals surface area contributed by atoms with Crippen LogP contribution in [-0.4, -0.2) is 48.0 Å². The Morgan fingerprint density at radius 1 is 1.03 bits per heavy atom. The molecule has 1 aliphatic rings. The Labute approximate surface area is 218 Å². The summed E-state index contributed by atoms with van der Waals surface area (Å²) < 4.78 is 0. The highest BCUT2D eigenvalue weighted by Gasteiger charge is 2.23.